The predicted octanol–water partition coefficient (Wildman–Crippen LogP) is 6.08. The van der Waals surface area contributed by atoms with Crippen molar-refractivity contribution in [3.8, 4) is 11.3 Å². The van der Waals surface area contributed by atoms with Crippen LogP contribution in [0.15, 0.2) is 64.6 Å². The molecular weight excluding hydrogens is 343 g/mol. The second-order valence-corrected chi connectivity index (χ2v) is 6.50. The predicted molar refractivity (Wildman–Crippen MR) is 96.6 cm³/mol. The molecule has 0 atom stereocenters. The van der Waals surface area contributed by atoms with Crippen molar-refractivity contribution >= 4 is 35.1 Å². The second-order valence-electron chi connectivity index (χ2n) is 5.66. The van der Waals surface area contributed by atoms with E-state index in [0.717, 1.165) is 22.3 Å². The number of carbonyl (C=O) groups is 1. The van der Waals surface area contributed by atoms with Gasteiger partial charge in [0.1, 0.15) is 11.5 Å². The normalized spacial score (nSPS) is 15.1. The van der Waals surface area contributed by atoms with Crippen LogP contribution in [-0.2, 0) is 6.42 Å². The lowest BCUT2D eigenvalue weighted by atomic mass is 10.1. The molecule has 4 heteroatoms. The number of halogens is 2. The third-order valence-corrected chi connectivity index (χ3v) is 4.62. The highest BCUT2D eigenvalue weighted by Crippen LogP contribution is 2.33. The van der Waals surface area contributed by atoms with E-state index in [1.807, 2.05) is 42.5 Å². The molecule has 0 amide bonds. The summed E-state index contributed by atoms with van der Waals surface area (Å²) in [6.07, 6.45) is 2.43. The van der Waals surface area contributed by atoms with Gasteiger partial charge in [-0.1, -0.05) is 47.5 Å². The molecule has 0 unspecified atom stereocenters. The molecule has 3 aromatic rings. The molecule has 0 spiro atoms. The van der Waals surface area contributed by atoms with Crippen LogP contribution in [0, 0.1) is 0 Å². The topological polar surface area (TPSA) is 30.2 Å². The maximum atomic E-state index is 12.4. The molecule has 1 aliphatic rings. The number of Topliss-reactive ketones (excluding diaryl/α,β-unsaturated/α-hetero) is 1. The van der Waals surface area contributed by atoms with Crippen molar-refractivity contribution in [2.75, 3.05) is 0 Å². The highest BCUT2D eigenvalue weighted by molar-refractivity contribution is 6.36. The van der Waals surface area contributed by atoms with Gasteiger partial charge in [0.15, 0.2) is 5.78 Å². The smallest absolute Gasteiger partial charge is 0.189 e. The standard InChI is InChI=1S/C20H12Cl2O2/c21-14-5-7-17(18(22)11-14)19-8-6-15(24-19)10-13-9-12-3-1-2-4-16(12)20(13)23/h1-8,10-11H,9H2/b13-10+. The molecule has 24 heavy (non-hydrogen) atoms. The first-order valence-electron chi connectivity index (χ1n) is 7.50. The Labute approximate surface area is 149 Å². The average molecular weight is 355 g/mol. The number of hydrogen-bond donors (Lipinski definition) is 0. The summed E-state index contributed by atoms with van der Waals surface area (Å²) >= 11 is 12.1. The van der Waals surface area contributed by atoms with Crippen LogP contribution in [0.5, 0.6) is 0 Å². The summed E-state index contributed by atoms with van der Waals surface area (Å²) in [5.74, 6) is 1.34. The van der Waals surface area contributed by atoms with Crippen molar-refractivity contribution in [3.05, 3.63) is 87.1 Å². The van der Waals surface area contributed by atoms with Gasteiger partial charge in [-0.15, -0.1) is 0 Å². The Morgan fingerprint density at radius 1 is 0.958 bits per heavy atom. The minimum Gasteiger partial charge on any atom is -0.457 e. The Morgan fingerprint density at radius 3 is 2.58 bits per heavy atom. The minimum atomic E-state index is 0.0630. The highest BCUT2D eigenvalue weighted by Gasteiger charge is 2.24. The molecule has 0 aliphatic heterocycles. The Bertz CT molecular complexity index is 983. The molecular formula is C20H12Cl2O2. The molecule has 0 fully saturated rings. The number of benzene rings is 2. The first-order valence-corrected chi connectivity index (χ1v) is 8.26. The van der Waals surface area contributed by atoms with E-state index in [2.05, 4.69) is 0 Å². The van der Waals surface area contributed by atoms with Crippen LogP contribution < -0.4 is 0 Å². The van der Waals surface area contributed by atoms with Crippen molar-refractivity contribution in [1.29, 1.82) is 0 Å². The van der Waals surface area contributed by atoms with Gasteiger partial charge in [-0.25, -0.2) is 0 Å². The van der Waals surface area contributed by atoms with Crippen LogP contribution >= 0.6 is 23.2 Å². The third kappa shape index (κ3) is 2.68. The van der Waals surface area contributed by atoms with E-state index in [4.69, 9.17) is 27.6 Å². The monoisotopic (exact) mass is 354 g/mol. The van der Waals surface area contributed by atoms with E-state index in [1.54, 1.807) is 18.2 Å². The van der Waals surface area contributed by atoms with E-state index in [0.29, 0.717) is 28.0 Å². The Kier molecular flexibility index (Phi) is 3.79. The number of rotatable bonds is 2. The van der Waals surface area contributed by atoms with E-state index in [9.17, 15) is 4.79 Å². The number of carbonyl (C=O) groups excluding carboxylic acids is 1. The van der Waals surface area contributed by atoms with Gasteiger partial charge in [0, 0.05) is 28.1 Å². The average Bonchev–Trinajstić information content (AvgIpc) is 3.14. The molecule has 1 aromatic heterocycles. The zero-order valence-corrected chi connectivity index (χ0v) is 14.1. The van der Waals surface area contributed by atoms with E-state index >= 15 is 0 Å². The van der Waals surface area contributed by atoms with Gasteiger partial charge >= 0.3 is 0 Å². The number of ketones is 1. The zero-order valence-electron chi connectivity index (χ0n) is 12.6. The van der Waals surface area contributed by atoms with Crippen molar-refractivity contribution in [3.63, 3.8) is 0 Å². The summed E-state index contributed by atoms with van der Waals surface area (Å²) in [7, 11) is 0. The van der Waals surface area contributed by atoms with E-state index < -0.39 is 0 Å². The lowest BCUT2D eigenvalue weighted by molar-refractivity contribution is 0.104. The number of allylic oxidation sites excluding steroid dienone is 1. The largest absolute Gasteiger partial charge is 0.457 e. The van der Waals surface area contributed by atoms with E-state index in [1.165, 1.54) is 0 Å². The summed E-state index contributed by atoms with van der Waals surface area (Å²) in [6, 6.07) is 16.6. The maximum absolute atomic E-state index is 12.4. The number of fused-ring (bicyclic) bond motifs is 1. The van der Waals surface area contributed by atoms with Gasteiger partial charge in [0.05, 0.1) is 5.02 Å². The molecule has 1 aliphatic carbocycles. The Hall–Kier alpha value is -2.29. The van der Waals surface area contributed by atoms with Gasteiger partial charge < -0.3 is 4.42 Å². The summed E-state index contributed by atoms with van der Waals surface area (Å²) in [5, 5.41) is 1.10. The fourth-order valence-electron chi connectivity index (χ4n) is 2.91. The summed E-state index contributed by atoms with van der Waals surface area (Å²) in [4.78, 5) is 12.4. The summed E-state index contributed by atoms with van der Waals surface area (Å²) in [5.41, 5.74) is 3.34. The van der Waals surface area contributed by atoms with Crippen LogP contribution in [-0.4, -0.2) is 5.78 Å². The SMILES string of the molecule is O=C1/C(=C/c2ccc(-c3ccc(Cl)cc3Cl)o2)Cc2ccccc21. The van der Waals surface area contributed by atoms with Gasteiger partial charge in [-0.2, -0.15) is 0 Å². The number of hydrogen-bond acceptors (Lipinski definition) is 2. The van der Waals surface area contributed by atoms with Crippen LogP contribution in [0.25, 0.3) is 17.4 Å². The highest BCUT2D eigenvalue weighted by atomic mass is 35.5. The first kappa shape index (κ1) is 15.3. The van der Waals surface area contributed by atoms with Crippen molar-refractivity contribution in [1.82, 2.24) is 0 Å². The summed E-state index contributed by atoms with van der Waals surface area (Å²) < 4.78 is 5.84. The Balaban J connectivity index is 1.66. The van der Waals surface area contributed by atoms with Gasteiger partial charge in [0.25, 0.3) is 0 Å². The van der Waals surface area contributed by atoms with Crippen molar-refractivity contribution in [2.24, 2.45) is 0 Å². The molecule has 0 saturated carbocycles. The number of furan rings is 1. The fraction of sp³-hybridized carbons (Fsp3) is 0.0500. The summed E-state index contributed by atoms with van der Waals surface area (Å²) in [6.45, 7) is 0. The molecule has 118 valence electrons. The fourth-order valence-corrected chi connectivity index (χ4v) is 3.41. The van der Waals surface area contributed by atoms with Crippen molar-refractivity contribution < 1.29 is 9.21 Å². The minimum absolute atomic E-state index is 0.0630. The molecule has 1 heterocycles. The van der Waals surface area contributed by atoms with Gasteiger partial charge in [-0.3, -0.25) is 4.79 Å². The molecule has 0 bridgehead atoms. The van der Waals surface area contributed by atoms with Crippen LogP contribution in [0.4, 0.5) is 0 Å². The first-order chi connectivity index (χ1) is 11.6. The molecule has 2 nitrogen and oxygen atoms in total. The van der Waals surface area contributed by atoms with E-state index in [-0.39, 0.29) is 5.78 Å². The Morgan fingerprint density at radius 2 is 1.79 bits per heavy atom. The maximum Gasteiger partial charge on any atom is 0.189 e. The molecule has 4 rings (SSSR count). The lowest BCUT2D eigenvalue weighted by Gasteiger charge is -2.01. The van der Waals surface area contributed by atoms with Crippen LogP contribution in [0.2, 0.25) is 10.0 Å². The van der Waals surface area contributed by atoms with Gasteiger partial charge in [0.2, 0.25) is 0 Å². The quantitative estimate of drug-likeness (QED) is 0.522. The third-order valence-electron chi connectivity index (χ3n) is 4.07. The molecule has 2 aromatic carbocycles. The van der Waals surface area contributed by atoms with Crippen LogP contribution in [0.3, 0.4) is 0 Å². The van der Waals surface area contributed by atoms with Crippen molar-refractivity contribution in [2.45, 2.75) is 6.42 Å². The second kappa shape index (κ2) is 5.97. The van der Waals surface area contributed by atoms with Gasteiger partial charge in [-0.05, 0) is 42.0 Å². The molecule has 0 saturated heterocycles. The lowest BCUT2D eigenvalue weighted by Crippen LogP contribution is -1.94. The molecule has 0 radical (unpaired) electrons. The molecule has 0 N–H and O–H groups in total. The van der Waals surface area contributed by atoms with Crippen LogP contribution in [0.1, 0.15) is 21.7 Å². The zero-order chi connectivity index (χ0) is 16.7.